The monoisotopic (exact) mass is 309 g/mol. The van der Waals surface area contributed by atoms with Crippen LogP contribution < -0.4 is 0 Å². The largest absolute Gasteiger partial charge is 0.293 e. The van der Waals surface area contributed by atoms with Gasteiger partial charge in [0.05, 0.1) is 9.95 Å². The number of hydrogen-bond acceptors (Lipinski definition) is 3. The van der Waals surface area contributed by atoms with Gasteiger partial charge in [-0.05, 0) is 23.8 Å². The van der Waals surface area contributed by atoms with Crippen molar-refractivity contribution in [3.8, 4) is 0 Å². The Bertz CT molecular complexity index is 669. The second-order valence-corrected chi connectivity index (χ2v) is 4.96. The summed E-state index contributed by atoms with van der Waals surface area (Å²) in [5.74, 6) is -0.398. The number of hydrogen-bond donors (Lipinski definition) is 0. The van der Waals surface area contributed by atoms with Gasteiger partial charge in [0.1, 0.15) is 5.56 Å². The standard InChI is InChI=1S/C14H9Cl2NO3/c15-10-6-4-9(5-7-10)8-13(18)14-11(16)2-1-3-12(14)17(19)20/h1-7H,8H2. The van der Waals surface area contributed by atoms with Gasteiger partial charge in [0.25, 0.3) is 5.69 Å². The Morgan fingerprint density at radius 1 is 1.10 bits per heavy atom. The zero-order valence-corrected chi connectivity index (χ0v) is 11.7. The summed E-state index contributed by atoms with van der Waals surface area (Å²) < 4.78 is 0. The van der Waals surface area contributed by atoms with Crippen LogP contribution in [0.4, 0.5) is 5.69 Å². The van der Waals surface area contributed by atoms with E-state index < -0.39 is 10.7 Å². The number of Topliss-reactive ketones (excluding diaryl/α,β-unsaturated/α-hetero) is 1. The van der Waals surface area contributed by atoms with Crippen molar-refractivity contribution in [3.05, 3.63) is 73.8 Å². The normalized spacial score (nSPS) is 10.3. The molecule has 2 aromatic rings. The Balaban J connectivity index is 2.34. The van der Waals surface area contributed by atoms with Gasteiger partial charge in [-0.1, -0.05) is 41.4 Å². The molecule has 102 valence electrons. The molecule has 0 unspecified atom stereocenters. The molecule has 0 N–H and O–H groups in total. The third-order valence-corrected chi connectivity index (χ3v) is 3.31. The van der Waals surface area contributed by atoms with Crippen LogP contribution in [0.5, 0.6) is 0 Å². The number of carbonyl (C=O) groups is 1. The first-order valence-corrected chi connectivity index (χ1v) is 6.45. The lowest BCUT2D eigenvalue weighted by molar-refractivity contribution is -0.385. The summed E-state index contributed by atoms with van der Waals surface area (Å²) in [4.78, 5) is 22.6. The average Bonchev–Trinajstić information content (AvgIpc) is 2.40. The highest BCUT2D eigenvalue weighted by atomic mass is 35.5. The molecular weight excluding hydrogens is 301 g/mol. The van der Waals surface area contributed by atoms with Gasteiger partial charge in [-0.2, -0.15) is 0 Å². The highest BCUT2D eigenvalue weighted by molar-refractivity contribution is 6.34. The predicted octanol–water partition coefficient (Wildman–Crippen LogP) is 4.33. The summed E-state index contributed by atoms with van der Waals surface area (Å²) in [7, 11) is 0. The molecule has 0 fully saturated rings. The predicted molar refractivity (Wildman–Crippen MR) is 77.6 cm³/mol. The van der Waals surface area contributed by atoms with E-state index in [1.165, 1.54) is 18.2 Å². The van der Waals surface area contributed by atoms with Gasteiger partial charge >= 0.3 is 0 Å². The molecule has 2 aromatic carbocycles. The van der Waals surface area contributed by atoms with Gasteiger partial charge in [-0.25, -0.2) is 0 Å². The van der Waals surface area contributed by atoms with Gasteiger partial charge in [-0.15, -0.1) is 0 Å². The molecule has 0 aliphatic carbocycles. The van der Waals surface area contributed by atoms with Crippen molar-refractivity contribution in [1.29, 1.82) is 0 Å². The lowest BCUT2D eigenvalue weighted by Crippen LogP contribution is -2.08. The first-order chi connectivity index (χ1) is 9.49. The van der Waals surface area contributed by atoms with E-state index in [2.05, 4.69) is 0 Å². The van der Waals surface area contributed by atoms with E-state index >= 15 is 0 Å². The fraction of sp³-hybridized carbons (Fsp3) is 0.0714. The van der Waals surface area contributed by atoms with E-state index in [0.717, 1.165) is 0 Å². The van der Waals surface area contributed by atoms with E-state index in [4.69, 9.17) is 23.2 Å². The topological polar surface area (TPSA) is 60.2 Å². The number of nitro benzene ring substituents is 1. The van der Waals surface area contributed by atoms with Gasteiger partial charge < -0.3 is 0 Å². The second kappa shape index (κ2) is 6.03. The van der Waals surface area contributed by atoms with Crippen molar-refractivity contribution in [2.75, 3.05) is 0 Å². The van der Waals surface area contributed by atoms with Crippen LogP contribution in [0.3, 0.4) is 0 Å². The van der Waals surface area contributed by atoms with Crippen LogP contribution in [0, 0.1) is 10.1 Å². The lowest BCUT2D eigenvalue weighted by atomic mass is 10.0. The van der Waals surface area contributed by atoms with Gasteiger partial charge in [0.15, 0.2) is 5.78 Å². The SMILES string of the molecule is O=C(Cc1ccc(Cl)cc1)c1c(Cl)cccc1[N+](=O)[O-]. The van der Waals surface area contributed by atoms with Crippen LogP contribution in [-0.4, -0.2) is 10.7 Å². The zero-order chi connectivity index (χ0) is 14.7. The quantitative estimate of drug-likeness (QED) is 0.480. The maximum Gasteiger partial charge on any atom is 0.281 e. The van der Waals surface area contributed by atoms with E-state index in [0.29, 0.717) is 10.6 Å². The Kier molecular flexibility index (Phi) is 4.37. The Labute approximate surface area is 125 Å². The third kappa shape index (κ3) is 3.15. The summed E-state index contributed by atoms with van der Waals surface area (Å²) in [6, 6.07) is 10.9. The number of rotatable bonds is 4. The van der Waals surface area contributed by atoms with Crippen LogP contribution in [-0.2, 0) is 6.42 Å². The molecular formula is C14H9Cl2NO3. The van der Waals surface area contributed by atoms with Gasteiger partial charge in [0.2, 0.25) is 0 Å². The number of halogens is 2. The molecule has 20 heavy (non-hydrogen) atoms. The van der Waals surface area contributed by atoms with Crippen molar-refractivity contribution in [3.63, 3.8) is 0 Å². The molecule has 0 amide bonds. The van der Waals surface area contributed by atoms with Crippen molar-refractivity contribution in [2.24, 2.45) is 0 Å². The minimum atomic E-state index is -0.610. The van der Waals surface area contributed by atoms with Crippen molar-refractivity contribution >= 4 is 34.7 Å². The molecule has 0 bridgehead atoms. The second-order valence-electron chi connectivity index (χ2n) is 4.12. The van der Waals surface area contributed by atoms with E-state index in [9.17, 15) is 14.9 Å². The zero-order valence-electron chi connectivity index (χ0n) is 10.2. The van der Waals surface area contributed by atoms with Gasteiger partial charge in [-0.3, -0.25) is 14.9 Å². The molecule has 0 radical (unpaired) electrons. The lowest BCUT2D eigenvalue weighted by Gasteiger charge is -2.05. The molecule has 4 nitrogen and oxygen atoms in total. The summed E-state index contributed by atoms with van der Waals surface area (Å²) in [6.45, 7) is 0. The van der Waals surface area contributed by atoms with E-state index in [-0.39, 0.29) is 22.7 Å². The molecule has 0 spiro atoms. The van der Waals surface area contributed by atoms with Crippen LogP contribution in [0.25, 0.3) is 0 Å². The molecule has 6 heteroatoms. The fourth-order valence-electron chi connectivity index (χ4n) is 1.82. The minimum Gasteiger partial charge on any atom is -0.293 e. The number of benzene rings is 2. The van der Waals surface area contributed by atoms with Crippen molar-refractivity contribution in [2.45, 2.75) is 6.42 Å². The van der Waals surface area contributed by atoms with Crippen LogP contribution in [0.15, 0.2) is 42.5 Å². The smallest absolute Gasteiger partial charge is 0.281 e. The van der Waals surface area contributed by atoms with Crippen molar-refractivity contribution in [1.82, 2.24) is 0 Å². The maximum atomic E-state index is 12.2. The van der Waals surface area contributed by atoms with Crippen LogP contribution in [0.2, 0.25) is 10.0 Å². The van der Waals surface area contributed by atoms with E-state index in [1.54, 1.807) is 24.3 Å². The maximum absolute atomic E-state index is 12.2. The fourth-order valence-corrected chi connectivity index (χ4v) is 2.22. The molecule has 0 atom stereocenters. The summed E-state index contributed by atoms with van der Waals surface area (Å²) in [5.41, 5.74) is 0.374. The Hall–Kier alpha value is -1.91. The first-order valence-electron chi connectivity index (χ1n) is 5.69. The highest BCUT2D eigenvalue weighted by Gasteiger charge is 2.23. The van der Waals surface area contributed by atoms with Gasteiger partial charge in [0, 0.05) is 17.5 Å². The minimum absolute atomic E-state index is 0.0295. The number of nitro groups is 1. The third-order valence-electron chi connectivity index (χ3n) is 2.75. The molecule has 0 aliphatic rings. The number of nitrogens with zero attached hydrogens (tertiary/aromatic N) is 1. The van der Waals surface area contributed by atoms with Crippen molar-refractivity contribution < 1.29 is 9.72 Å². The molecule has 0 aromatic heterocycles. The van der Waals surface area contributed by atoms with Crippen LogP contribution in [0.1, 0.15) is 15.9 Å². The number of carbonyl (C=O) groups excluding carboxylic acids is 1. The molecule has 0 heterocycles. The first kappa shape index (κ1) is 14.5. The average molecular weight is 310 g/mol. The Morgan fingerprint density at radius 2 is 1.75 bits per heavy atom. The Morgan fingerprint density at radius 3 is 2.35 bits per heavy atom. The summed E-state index contributed by atoms with van der Waals surface area (Å²) in [6.07, 6.45) is 0.0295. The summed E-state index contributed by atoms with van der Waals surface area (Å²) in [5, 5.41) is 11.6. The van der Waals surface area contributed by atoms with E-state index in [1.807, 2.05) is 0 Å². The van der Waals surface area contributed by atoms with Crippen LogP contribution >= 0.6 is 23.2 Å². The molecule has 0 saturated heterocycles. The molecule has 0 aliphatic heterocycles. The summed E-state index contributed by atoms with van der Waals surface area (Å²) >= 11 is 11.7. The molecule has 0 saturated carbocycles. The highest BCUT2D eigenvalue weighted by Crippen LogP contribution is 2.27. The molecule has 2 rings (SSSR count). The number of ketones is 1.